The first-order valence-electron chi connectivity index (χ1n) is 5.91. The lowest BCUT2D eigenvalue weighted by atomic mass is 9.67. The Bertz CT molecular complexity index is 310. The molecule has 0 unspecified atom stereocenters. The van der Waals surface area contributed by atoms with Gasteiger partial charge in [-0.1, -0.05) is 19.8 Å². The Morgan fingerprint density at radius 1 is 1.53 bits per heavy atom. The fourth-order valence-corrected chi connectivity index (χ4v) is 3.25. The van der Waals surface area contributed by atoms with Crippen molar-refractivity contribution in [1.82, 2.24) is 4.98 Å². The second-order valence-corrected chi connectivity index (χ2v) is 5.66. The molecule has 1 aromatic heterocycles. The molecule has 0 aromatic carbocycles. The van der Waals surface area contributed by atoms with Crippen molar-refractivity contribution < 1.29 is 0 Å². The van der Waals surface area contributed by atoms with Crippen LogP contribution in [0.1, 0.15) is 43.3 Å². The minimum atomic E-state index is 0.404. The fourth-order valence-electron chi connectivity index (χ4n) is 2.25. The summed E-state index contributed by atoms with van der Waals surface area (Å²) in [6.07, 6.45) is 7.36. The molecular formula is C12H20N2S. The lowest BCUT2D eigenvalue weighted by molar-refractivity contribution is 0.144. The van der Waals surface area contributed by atoms with Crippen LogP contribution in [0.4, 0.5) is 0 Å². The molecule has 1 saturated carbocycles. The van der Waals surface area contributed by atoms with Gasteiger partial charge in [-0.05, 0) is 31.2 Å². The van der Waals surface area contributed by atoms with E-state index in [4.69, 9.17) is 5.73 Å². The van der Waals surface area contributed by atoms with E-state index in [1.807, 2.05) is 11.3 Å². The topological polar surface area (TPSA) is 38.9 Å². The van der Waals surface area contributed by atoms with Gasteiger partial charge in [0.2, 0.25) is 0 Å². The Balaban J connectivity index is 1.97. The zero-order valence-corrected chi connectivity index (χ0v) is 10.3. The fraction of sp³-hybridized carbons (Fsp3) is 0.750. The van der Waals surface area contributed by atoms with Gasteiger partial charge in [0.05, 0.1) is 10.7 Å². The maximum Gasteiger partial charge on any atom is 0.0934 e. The number of rotatable bonds is 5. The first-order chi connectivity index (χ1) is 7.28. The van der Waals surface area contributed by atoms with Crippen LogP contribution in [0.15, 0.2) is 5.38 Å². The van der Waals surface area contributed by atoms with E-state index in [2.05, 4.69) is 17.3 Å². The van der Waals surface area contributed by atoms with E-state index in [-0.39, 0.29) is 0 Å². The van der Waals surface area contributed by atoms with Gasteiger partial charge < -0.3 is 5.73 Å². The minimum absolute atomic E-state index is 0.404. The molecule has 2 N–H and O–H groups in total. The van der Waals surface area contributed by atoms with Gasteiger partial charge in [-0.2, -0.15) is 0 Å². The summed E-state index contributed by atoms with van der Waals surface area (Å²) >= 11 is 1.81. The van der Waals surface area contributed by atoms with Gasteiger partial charge in [0.25, 0.3) is 0 Å². The highest BCUT2D eigenvalue weighted by Gasteiger charge is 2.36. The van der Waals surface area contributed by atoms with Crippen LogP contribution < -0.4 is 5.73 Å². The third-order valence-electron chi connectivity index (χ3n) is 3.48. The highest BCUT2D eigenvalue weighted by atomic mass is 32.1. The molecule has 15 heavy (non-hydrogen) atoms. The summed E-state index contributed by atoms with van der Waals surface area (Å²) in [6.45, 7) is 3.03. The molecule has 1 aromatic rings. The Labute approximate surface area is 95.9 Å². The zero-order chi connectivity index (χ0) is 10.7. The predicted octanol–water partition coefficient (Wildman–Crippen LogP) is 2.77. The third kappa shape index (κ3) is 2.40. The molecule has 2 rings (SSSR count). The van der Waals surface area contributed by atoms with Gasteiger partial charge in [0.1, 0.15) is 0 Å². The molecule has 84 valence electrons. The Hall–Kier alpha value is -0.410. The van der Waals surface area contributed by atoms with Crippen molar-refractivity contribution in [2.24, 2.45) is 11.1 Å². The van der Waals surface area contributed by atoms with Crippen molar-refractivity contribution in [2.75, 3.05) is 6.54 Å². The molecule has 3 heteroatoms. The van der Waals surface area contributed by atoms with E-state index < -0.39 is 0 Å². The van der Waals surface area contributed by atoms with E-state index in [9.17, 15) is 0 Å². The molecule has 1 fully saturated rings. The summed E-state index contributed by atoms with van der Waals surface area (Å²) in [4.78, 5) is 4.68. The molecular weight excluding hydrogens is 204 g/mol. The summed E-state index contributed by atoms with van der Waals surface area (Å²) in [5.74, 6) is 0. The second kappa shape index (κ2) is 4.62. The maximum atomic E-state index is 5.86. The minimum Gasteiger partial charge on any atom is -0.330 e. The van der Waals surface area contributed by atoms with Crippen LogP contribution in [0, 0.1) is 5.41 Å². The van der Waals surface area contributed by atoms with E-state index in [1.165, 1.54) is 36.4 Å². The van der Waals surface area contributed by atoms with E-state index in [0.717, 1.165) is 19.4 Å². The molecule has 0 saturated heterocycles. The molecule has 0 bridgehead atoms. The van der Waals surface area contributed by atoms with Crippen LogP contribution in [0.2, 0.25) is 0 Å². The summed E-state index contributed by atoms with van der Waals surface area (Å²) in [5.41, 5.74) is 7.53. The number of aromatic nitrogens is 1. The lowest BCUT2D eigenvalue weighted by Gasteiger charge is -2.40. The standard InChI is InChI=1S/C12H20N2S/c1-2-4-10-8-15-11(14-10)7-12(9-13)5-3-6-12/h8H,2-7,9,13H2,1H3. The predicted molar refractivity (Wildman–Crippen MR) is 65.2 cm³/mol. The number of nitrogens with two attached hydrogens (primary N) is 1. The summed E-state index contributed by atoms with van der Waals surface area (Å²) < 4.78 is 0. The van der Waals surface area contributed by atoms with Crippen molar-refractivity contribution in [3.05, 3.63) is 16.1 Å². The van der Waals surface area contributed by atoms with Crippen molar-refractivity contribution in [3.8, 4) is 0 Å². The van der Waals surface area contributed by atoms with E-state index >= 15 is 0 Å². The molecule has 2 nitrogen and oxygen atoms in total. The summed E-state index contributed by atoms with van der Waals surface area (Å²) in [7, 11) is 0. The zero-order valence-electron chi connectivity index (χ0n) is 9.46. The molecule has 0 aliphatic heterocycles. The molecule has 0 spiro atoms. The average Bonchev–Trinajstić information content (AvgIpc) is 2.60. The quantitative estimate of drug-likeness (QED) is 0.835. The van der Waals surface area contributed by atoms with Gasteiger partial charge in [0.15, 0.2) is 0 Å². The van der Waals surface area contributed by atoms with Crippen molar-refractivity contribution in [1.29, 1.82) is 0 Å². The molecule has 0 atom stereocenters. The number of hydrogen-bond donors (Lipinski definition) is 1. The van der Waals surface area contributed by atoms with Gasteiger partial charge in [0, 0.05) is 11.8 Å². The Morgan fingerprint density at radius 2 is 2.33 bits per heavy atom. The lowest BCUT2D eigenvalue weighted by Crippen LogP contribution is -2.39. The van der Waals surface area contributed by atoms with Crippen LogP contribution in [0.25, 0.3) is 0 Å². The number of aryl methyl sites for hydroxylation is 1. The van der Waals surface area contributed by atoms with Gasteiger partial charge in [-0.25, -0.2) is 4.98 Å². The first-order valence-corrected chi connectivity index (χ1v) is 6.79. The van der Waals surface area contributed by atoms with Crippen LogP contribution in [0.3, 0.4) is 0 Å². The van der Waals surface area contributed by atoms with Gasteiger partial charge in [-0.3, -0.25) is 0 Å². The molecule has 0 amide bonds. The molecule has 1 heterocycles. The van der Waals surface area contributed by atoms with Crippen LogP contribution in [0.5, 0.6) is 0 Å². The molecule has 0 radical (unpaired) electrons. The molecule has 1 aliphatic rings. The van der Waals surface area contributed by atoms with E-state index in [1.54, 1.807) is 0 Å². The summed E-state index contributed by atoms with van der Waals surface area (Å²) in [6, 6.07) is 0. The number of nitrogens with zero attached hydrogens (tertiary/aromatic N) is 1. The number of thiazole rings is 1. The highest BCUT2D eigenvalue weighted by Crippen LogP contribution is 2.43. The smallest absolute Gasteiger partial charge is 0.0934 e. The highest BCUT2D eigenvalue weighted by molar-refractivity contribution is 7.09. The van der Waals surface area contributed by atoms with Crippen molar-refractivity contribution in [2.45, 2.75) is 45.4 Å². The van der Waals surface area contributed by atoms with Crippen LogP contribution in [-0.2, 0) is 12.8 Å². The third-order valence-corrected chi connectivity index (χ3v) is 4.38. The van der Waals surface area contributed by atoms with Crippen LogP contribution in [-0.4, -0.2) is 11.5 Å². The van der Waals surface area contributed by atoms with E-state index in [0.29, 0.717) is 5.41 Å². The Morgan fingerprint density at radius 3 is 2.87 bits per heavy atom. The average molecular weight is 224 g/mol. The van der Waals surface area contributed by atoms with Gasteiger partial charge in [-0.15, -0.1) is 11.3 Å². The van der Waals surface area contributed by atoms with Gasteiger partial charge >= 0.3 is 0 Å². The largest absolute Gasteiger partial charge is 0.330 e. The molecule has 1 aliphatic carbocycles. The summed E-state index contributed by atoms with van der Waals surface area (Å²) in [5, 5.41) is 3.51. The Kier molecular flexibility index (Phi) is 3.42. The monoisotopic (exact) mass is 224 g/mol. The van der Waals surface area contributed by atoms with Crippen molar-refractivity contribution in [3.63, 3.8) is 0 Å². The van der Waals surface area contributed by atoms with Crippen molar-refractivity contribution >= 4 is 11.3 Å². The van der Waals surface area contributed by atoms with Crippen LogP contribution >= 0.6 is 11.3 Å². The normalized spacial score (nSPS) is 18.8. The number of hydrogen-bond acceptors (Lipinski definition) is 3. The maximum absolute atomic E-state index is 5.86. The first kappa shape index (κ1) is 11.1. The second-order valence-electron chi connectivity index (χ2n) is 4.72. The SMILES string of the molecule is CCCc1csc(CC2(CN)CCC2)n1.